The van der Waals surface area contributed by atoms with Crippen LogP contribution in [0.5, 0.6) is 0 Å². The zero-order valence-electron chi connectivity index (χ0n) is 13.4. The van der Waals surface area contributed by atoms with E-state index in [4.69, 9.17) is 0 Å². The van der Waals surface area contributed by atoms with E-state index < -0.39 is 0 Å². The quantitative estimate of drug-likeness (QED) is 0.854. The van der Waals surface area contributed by atoms with Crippen molar-refractivity contribution in [1.82, 2.24) is 10.2 Å². The Hall–Kier alpha value is -0.860. The number of nitrogens with one attached hydrogen (secondary N) is 1. The Morgan fingerprint density at radius 1 is 1.20 bits per heavy atom. The molecule has 0 saturated carbocycles. The van der Waals surface area contributed by atoms with Gasteiger partial charge in [-0.2, -0.15) is 0 Å². The number of hydrogen-bond acceptors (Lipinski definition) is 2. The topological polar surface area (TPSA) is 15.3 Å². The lowest BCUT2D eigenvalue weighted by Crippen LogP contribution is -2.44. The maximum Gasteiger partial charge on any atom is 0.0208 e. The van der Waals surface area contributed by atoms with E-state index in [0.717, 1.165) is 18.9 Å². The number of hydrogen-bond donors (Lipinski definition) is 1. The number of benzene rings is 1. The van der Waals surface area contributed by atoms with Crippen molar-refractivity contribution in [2.45, 2.75) is 52.6 Å². The third kappa shape index (κ3) is 4.32. The van der Waals surface area contributed by atoms with Gasteiger partial charge >= 0.3 is 0 Å². The molecule has 2 rings (SSSR count). The minimum Gasteiger partial charge on any atom is -0.310 e. The number of rotatable bonds is 6. The molecule has 1 aromatic carbocycles. The molecule has 0 amide bonds. The van der Waals surface area contributed by atoms with Crippen LogP contribution in [0.25, 0.3) is 0 Å². The lowest BCUT2D eigenvalue weighted by atomic mass is 9.91. The van der Waals surface area contributed by atoms with Crippen molar-refractivity contribution < 1.29 is 0 Å². The second-order valence-electron chi connectivity index (χ2n) is 6.14. The van der Waals surface area contributed by atoms with Gasteiger partial charge in [0.15, 0.2) is 0 Å². The molecule has 0 aliphatic carbocycles. The Morgan fingerprint density at radius 2 is 1.90 bits per heavy atom. The van der Waals surface area contributed by atoms with E-state index in [1.165, 1.54) is 43.6 Å². The van der Waals surface area contributed by atoms with Gasteiger partial charge in [-0.15, -0.1) is 0 Å². The first kappa shape index (κ1) is 15.5. The highest BCUT2D eigenvalue weighted by Gasteiger charge is 2.23. The second kappa shape index (κ2) is 7.80. The summed E-state index contributed by atoms with van der Waals surface area (Å²) in [6.45, 7) is 11.6. The van der Waals surface area contributed by atoms with Gasteiger partial charge < -0.3 is 10.2 Å². The third-order valence-corrected chi connectivity index (χ3v) is 4.76. The van der Waals surface area contributed by atoms with Crippen molar-refractivity contribution in [1.29, 1.82) is 0 Å². The van der Waals surface area contributed by atoms with Crippen LogP contribution < -0.4 is 5.32 Å². The van der Waals surface area contributed by atoms with Gasteiger partial charge in [0.1, 0.15) is 0 Å². The van der Waals surface area contributed by atoms with Gasteiger partial charge in [-0.1, -0.05) is 38.1 Å². The summed E-state index contributed by atoms with van der Waals surface area (Å²) in [6.07, 6.45) is 3.86. The summed E-state index contributed by atoms with van der Waals surface area (Å²) in [5.74, 6) is 0.804. The first-order chi connectivity index (χ1) is 9.72. The highest BCUT2D eigenvalue weighted by atomic mass is 15.1. The van der Waals surface area contributed by atoms with E-state index >= 15 is 0 Å². The monoisotopic (exact) mass is 274 g/mol. The van der Waals surface area contributed by atoms with Crippen molar-refractivity contribution in [2.24, 2.45) is 5.92 Å². The molecule has 1 fully saturated rings. The lowest BCUT2D eigenvalue weighted by Gasteiger charge is -2.35. The van der Waals surface area contributed by atoms with E-state index in [9.17, 15) is 0 Å². The van der Waals surface area contributed by atoms with Crippen molar-refractivity contribution in [3.63, 3.8) is 0 Å². The molecule has 1 N–H and O–H groups in total. The smallest absolute Gasteiger partial charge is 0.0208 e. The second-order valence-corrected chi connectivity index (χ2v) is 6.14. The van der Waals surface area contributed by atoms with Crippen molar-refractivity contribution in [2.75, 3.05) is 19.6 Å². The molecule has 0 radical (unpaired) electrons. The van der Waals surface area contributed by atoms with E-state index in [1.54, 1.807) is 0 Å². The zero-order chi connectivity index (χ0) is 14.4. The number of piperidine rings is 1. The van der Waals surface area contributed by atoms with Gasteiger partial charge in [0, 0.05) is 19.1 Å². The molecule has 2 atom stereocenters. The van der Waals surface area contributed by atoms with Gasteiger partial charge in [-0.25, -0.2) is 0 Å². The number of likely N-dealkylation sites (tertiary alicyclic amines) is 1. The predicted molar refractivity (Wildman–Crippen MR) is 87.0 cm³/mol. The minimum atomic E-state index is 0.607. The molecule has 0 spiro atoms. The summed E-state index contributed by atoms with van der Waals surface area (Å²) >= 11 is 0. The molecule has 0 aromatic heterocycles. The van der Waals surface area contributed by atoms with E-state index in [-0.39, 0.29) is 0 Å². The lowest BCUT2D eigenvalue weighted by molar-refractivity contribution is 0.157. The largest absolute Gasteiger partial charge is 0.310 e. The van der Waals surface area contributed by atoms with Gasteiger partial charge in [-0.3, -0.25) is 0 Å². The molecule has 2 nitrogen and oxygen atoms in total. The fourth-order valence-electron chi connectivity index (χ4n) is 3.12. The fourth-order valence-corrected chi connectivity index (χ4v) is 3.12. The van der Waals surface area contributed by atoms with Crippen molar-refractivity contribution >= 4 is 0 Å². The number of aryl methyl sites for hydroxylation is 1. The molecule has 112 valence electrons. The normalized spacial score (nSPS) is 21.9. The summed E-state index contributed by atoms with van der Waals surface area (Å²) < 4.78 is 0. The first-order valence-corrected chi connectivity index (χ1v) is 8.26. The van der Waals surface area contributed by atoms with Crippen molar-refractivity contribution in [3.8, 4) is 0 Å². The summed E-state index contributed by atoms with van der Waals surface area (Å²) in [6, 6.07) is 9.63. The standard InChI is InChI=1S/C18H30N2/c1-4-16-8-10-17(11-9-16)13-19-15(3)18-7-6-12-20(5-2)14-18/h8-11,15,18-19H,4-7,12-14H2,1-3H3. The van der Waals surface area contributed by atoms with E-state index in [1.807, 2.05) is 0 Å². The summed E-state index contributed by atoms with van der Waals surface area (Å²) in [7, 11) is 0. The summed E-state index contributed by atoms with van der Waals surface area (Å²) in [4.78, 5) is 2.59. The number of nitrogens with zero attached hydrogens (tertiary/aromatic N) is 1. The van der Waals surface area contributed by atoms with Gasteiger partial charge in [0.05, 0.1) is 0 Å². The Bertz CT molecular complexity index is 385. The molecule has 20 heavy (non-hydrogen) atoms. The van der Waals surface area contributed by atoms with Crippen LogP contribution in [-0.4, -0.2) is 30.6 Å². The molecule has 1 saturated heterocycles. The van der Waals surface area contributed by atoms with Crippen LogP contribution in [0.4, 0.5) is 0 Å². The SMILES string of the molecule is CCc1ccc(CNC(C)C2CCCN(CC)C2)cc1. The summed E-state index contributed by atoms with van der Waals surface area (Å²) in [5, 5.41) is 3.72. The summed E-state index contributed by atoms with van der Waals surface area (Å²) in [5.41, 5.74) is 2.82. The Kier molecular flexibility index (Phi) is 6.06. The van der Waals surface area contributed by atoms with Crippen LogP contribution in [0.15, 0.2) is 24.3 Å². The van der Waals surface area contributed by atoms with Crippen LogP contribution in [-0.2, 0) is 13.0 Å². The molecular formula is C18H30N2. The molecule has 1 heterocycles. The highest BCUT2D eigenvalue weighted by molar-refractivity contribution is 5.22. The third-order valence-electron chi connectivity index (χ3n) is 4.76. The van der Waals surface area contributed by atoms with Gasteiger partial charge in [0.25, 0.3) is 0 Å². The Labute approximate surface area is 124 Å². The molecule has 2 unspecified atom stereocenters. The van der Waals surface area contributed by atoms with Crippen LogP contribution in [0.2, 0.25) is 0 Å². The maximum atomic E-state index is 3.72. The Balaban J connectivity index is 1.80. The Morgan fingerprint density at radius 3 is 2.55 bits per heavy atom. The average molecular weight is 274 g/mol. The molecular weight excluding hydrogens is 244 g/mol. The van der Waals surface area contributed by atoms with Crippen LogP contribution in [0.1, 0.15) is 44.7 Å². The highest BCUT2D eigenvalue weighted by Crippen LogP contribution is 2.19. The zero-order valence-corrected chi connectivity index (χ0v) is 13.4. The van der Waals surface area contributed by atoms with Crippen LogP contribution >= 0.6 is 0 Å². The van der Waals surface area contributed by atoms with Crippen molar-refractivity contribution in [3.05, 3.63) is 35.4 Å². The molecule has 0 bridgehead atoms. The average Bonchev–Trinajstić information content (AvgIpc) is 2.53. The van der Waals surface area contributed by atoms with Gasteiger partial charge in [-0.05, 0) is 56.3 Å². The minimum absolute atomic E-state index is 0.607. The van der Waals surface area contributed by atoms with E-state index in [0.29, 0.717) is 6.04 Å². The van der Waals surface area contributed by atoms with Crippen LogP contribution in [0.3, 0.4) is 0 Å². The first-order valence-electron chi connectivity index (χ1n) is 8.26. The fraction of sp³-hybridized carbons (Fsp3) is 0.667. The molecule has 2 heteroatoms. The maximum absolute atomic E-state index is 3.72. The predicted octanol–water partition coefficient (Wildman–Crippen LogP) is 3.46. The van der Waals surface area contributed by atoms with Crippen LogP contribution in [0, 0.1) is 5.92 Å². The molecule has 1 aromatic rings. The molecule has 1 aliphatic heterocycles. The van der Waals surface area contributed by atoms with Gasteiger partial charge in [0.2, 0.25) is 0 Å². The van der Waals surface area contributed by atoms with E-state index in [2.05, 4.69) is 55.3 Å². The molecule has 1 aliphatic rings.